The molecule has 0 spiro atoms. The van der Waals surface area contributed by atoms with Crippen molar-refractivity contribution in [3.8, 4) is 22.5 Å². The summed E-state index contributed by atoms with van der Waals surface area (Å²) in [7, 11) is 2.71. The van der Waals surface area contributed by atoms with Crippen molar-refractivity contribution >= 4 is 45.7 Å². The molecule has 0 saturated carbocycles. The second kappa shape index (κ2) is 16.7. The van der Waals surface area contributed by atoms with Crippen LogP contribution in [0.1, 0.15) is 91.0 Å². The molecular weight excluding hydrogens is 735 g/mol. The first-order chi connectivity index (χ1) is 27.7. The summed E-state index contributed by atoms with van der Waals surface area (Å²) in [5, 5.41) is 0.975. The number of pyridine rings is 1. The van der Waals surface area contributed by atoms with E-state index in [-0.39, 0.29) is 60.5 Å². The molecule has 0 bridgehead atoms. The largest absolute Gasteiger partial charge is 0.469 e. The molecule has 0 aliphatic carbocycles. The molecule has 2 aliphatic heterocycles. The summed E-state index contributed by atoms with van der Waals surface area (Å²) in [4.78, 5) is 77.5. The molecule has 13 heteroatoms. The molecular formula is C45H55N7O6. The summed E-state index contributed by atoms with van der Waals surface area (Å²) < 4.78 is 9.80. The molecule has 306 valence electrons. The van der Waals surface area contributed by atoms with E-state index in [2.05, 4.69) is 42.0 Å². The van der Waals surface area contributed by atoms with Gasteiger partial charge in [0.25, 0.3) is 0 Å². The average Bonchev–Trinajstić information content (AvgIpc) is 4.03. The number of esters is 2. The van der Waals surface area contributed by atoms with Gasteiger partial charge in [-0.3, -0.25) is 19.2 Å². The number of H-pyrrole nitrogens is 2. The summed E-state index contributed by atoms with van der Waals surface area (Å²) in [5.74, 6) is 0.284. The van der Waals surface area contributed by atoms with Crippen molar-refractivity contribution < 1.29 is 28.7 Å². The van der Waals surface area contributed by atoms with Crippen molar-refractivity contribution in [1.82, 2.24) is 34.7 Å². The van der Waals surface area contributed by atoms with Gasteiger partial charge in [-0.2, -0.15) is 0 Å². The summed E-state index contributed by atoms with van der Waals surface area (Å²) in [6.45, 7) is 13.4. The Morgan fingerprint density at radius 3 is 1.86 bits per heavy atom. The molecule has 2 aliphatic rings. The highest BCUT2D eigenvalue weighted by Crippen LogP contribution is 2.39. The number of methoxy groups -OCH3 is 2. The van der Waals surface area contributed by atoms with Crippen molar-refractivity contribution in [2.75, 3.05) is 27.3 Å². The van der Waals surface area contributed by atoms with Crippen LogP contribution in [-0.4, -0.2) is 85.8 Å². The number of aromatic amines is 2. The maximum atomic E-state index is 13.8. The van der Waals surface area contributed by atoms with Gasteiger partial charge >= 0.3 is 11.9 Å². The zero-order chi connectivity index (χ0) is 41.4. The number of nitrogens with zero attached hydrogens (tertiary/aromatic N) is 5. The van der Waals surface area contributed by atoms with Gasteiger partial charge in [0.15, 0.2) is 0 Å². The molecule has 2 aromatic carbocycles. The zero-order valence-corrected chi connectivity index (χ0v) is 34.7. The summed E-state index contributed by atoms with van der Waals surface area (Å²) >= 11 is 0. The third kappa shape index (κ3) is 8.21. The van der Waals surface area contributed by atoms with E-state index in [1.54, 1.807) is 0 Å². The normalized spacial score (nSPS) is 20.7. The Morgan fingerprint density at radius 2 is 1.28 bits per heavy atom. The van der Waals surface area contributed by atoms with Gasteiger partial charge in [0.1, 0.15) is 11.6 Å². The molecule has 5 heterocycles. The summed E-state index contributed by atoms with van der Waals surface area (Å²) in [6.07, 6.45) is 3.50. The van der Waals surface area contributed by atoms with Crippen LogP contribution in [0, 0.1) is 35.5 Å². The summed E-state index contributed by atoms with van der Waals surface area (Å²) in [6, 6.07) is 15.8. The molecule has 13 nitrogen and oxygen atoms in total. The highest BCUT2D eigenvalue weighted by Gasteiger charge is 2.41. The van der Waals surface area contributed by atoms with Gasteiger partial charge in [0, 0.05) is 29.6 Å². The molecule has 58 heavy (non-hydrogen) atoms. The van der Waals surface area contributed by atoms with Crippen molar-refractivity contribution in [1.29, 1.82) is 0 Å². The van der Waals surface area contributed by atoms with E-state index >= 15 is 0 Å². The Balaban J connectivity index is 1.09. The number of ether oxygens (including phenoxy) is 2. The van der Waals surface area contributed by atoms with Crippen LogP contribution in [0.15, 0.2) is 54.7 Å². The van der Waals surface area contributed by atoms with E-state index in [0.717, 1.165) is 68.9 Å². The Hall–Kier alpha value is -5.59. The molecule has 2 saturated heterocycles. The number of hydrogen-bond donors (Lipinski definition) is 2. The van der Waals surface area contributed by atoms with Crippen molar-refractivity contribution in [3.63, 3.8) is 0 Å². The number of benzene rings is 2. The van der Waals surface area contributed by atoms with Crippen LogP contribution in [0.4, 0.5) is 0 Å². The number of imidazole rings is 2. The van der Waals surface area contributed by atoms with Gasteiger partial charge in [-0.15, -0.1) is 0 Å². The maximum Gasteiger partial charge on any atom is 0.306 e. The molecule has 2 fully saturated rings. The number of fused-ring (bicyclic) bond motifs is 2. The maximum absolute atomic E-state index is 13.8. The number of aromatic nitrogens is 5. The van der Waals surface area contributed by atoms with Gasteiger partial charge in [-0.05, 0) is 66.8 Å². The minimum absolute atomic E-state index is 0.0105. The Kier molecular flexibility index (Phi) is 11.7. The number of rotatable bonds is 12. The van der Waals surface area contributed by atoms with Gasteiger partial charge in [0.2, 0.25) is 11.8 Å². The Morgan fingerprint density at radius 1 is 0.707 bits per heavy atom. The fourth-order valence-corrected chi connectivity index (χ4v) is 8.72. The van der Waals surface area contributed by atoms with Crippen LogP contribution in [0.5, 0.6) is 0 Å². The number of likely N-dealkylation sites (tertiary alicyclic amines) is 2. The van der Waals surface area contributed by atoms with Crippen LogP contribution < -0.4 is 0 Å². The SMILES string of the molecule is COC(=O)C[C@H](C(=O)N1C[C@@H](C)CC1c1ncc(-c2ccc3nc(-c4ccc5nc([C@@H]6C[C@H](C)CN6C(=O)[C@@H](CC(=O)OC)C(C)C)[nH]c5c4)ccc3c2)[nH]1)C(C)C. The zero-order valence-electron chi connectivity index (χ0n) is 34.7. The van der Waals surface area contributed by atoms with Gasteiger partial charge < -0.3 is 29.2 Å². The first-order valence-electron chi connectivity index (χ1n) is 20.4. The van der Waals surface area contributed by atoms with Crippen LogP contribution in [0.25, 0.3) is 44.5 Å². The average molecular weight is 790 g/mol. The van der Waals surface area contributed by atoms with Crippen LogP contribution in [-0.2, 0) is 28.7 Å². The number of amides is 2. The Labute approximate surface area is 339 Å². The monoisotopic (exact) mass is 789 g/mol. The minimum atomic E-state index is -0.462. The van der Waals surface area contributed by atoms with Gasteiger partial charge in [0.05, 0.1) is 85.1 Å². The molecule has 7 rings (SSSR count). The molecule has 5 aromatic rings. The van der Waals surface area contributed by atoms with Crippen LogP contribution >= 0.6 is 0 Å². The Bertz CT molecular complexity index is 2330. The lowest BCUT2D eigenvalue weighted by Crippen LogP contribution is -2.39. The van der Waals surface area contributed by atoms with E-state index in [1.807, 2.05) is 74.0 Å². The van der Waals surface area contributed by atoms with E-state index in [4.69, 9.17) is 24.4 Å². The number of carbonyl (C=O) groups excluding carboxylic acids is 4. The number of hydrogen-bond acceptors (Lipinski definition) is 9. The molecule has 3 aromatic heterocycles. The second-order valence-corrected chi connectivity index (χ2v) is 17.1. The molecule has 6 atom stereocenters. The predicted molar refractivity (Wildman–Crippen MR) is 221 cm³/mol. The number of nitrogens with one attached hydrogen (secondary N) is 2. The second-order valence-electron chi connectivity index (χ2n) is 17.1. The highest BCUT2D eigenvalue weighted by molar-refractivity contribution is 5.88. The standard InChI is InChI=1S/C45H55N7O6/c1-24(2)31(19-40(53)57-7)44(55)51-22-26(5)15-38(51)42-46-21-37(50-42)29-10-13-33-28(17-29)9-12-34(47-33)30-11-14-35-36(18-30)49-43(48-35)39-16-27(6)23-52(39)45(56)32(25(3)4)20-41(54)58-8/h9-14,17-18,21,24-27,31-32,38-39H,15-16,19-20,22-23H2,1-8H3,(H,46,50)(H,48,49)/t26-,27-,31-,32-,38?,39-/m0/s1. The molecule has 0 radical (unpaired) electrons. The lowest BCUT2D eigenvalue weighted by molar-refractivity contribution is -0.148. The van der Waals surface area contributed by atoms with Crippen molar-refractivity contribution in [3.05, 3.63) is 66.4 Å². The smallest absolute Gasteiger partial charge is 0.306 e. The van der Waals surface area contributed by atoms with Crippen LogP contribution in [0.3, 0.4) is 0 Å². The lowest BCUT2D eigenvalue weighted by Gasteiger charge is -2.29. The first-order valence-corrected chi connectivity index (χ1v) is 20.4. The van der Waals surface area contributed by atoms with Gasteiger partial charge in [-0.1, -0.05) is 59.7 Å². The van der Waals surface area contributed by atoms with E-state index in [0.29, 0.717) is 24.9 Å². The van der Waals surface area contributed by atoms with E-state index in [1.165, 1.54) is 14.2 Å². The summed E-state index contributed by atoms with van der Waals surface area (Å²) in [5.41, 5.74) is 6.09. The molecule has 2 amide bonds. The van der Waals surface area contributed by atoms with E-state index < -0.39 is 11.8 Å². The predicted octanol–water partition coefficient (Wildman–Crippen LogP) is 7.66. The fourth-order valence-electron chi connectivity index (χ4n) is 8.72. The van der Waals surface area contributed by atoms with Crippen LogP contribution in [0.2, 0.25) is 0 Å². The fraction of sp³-hybridized carbons (Fsp3) is 0.489. The van der Waals surface area contributed by atoms with E-state index in [9.17, 15) is 19.2 Å². The third-order valence-corrected chi connectivity index (χ3v) is 12.1. The lowest BCUT2D eigenvalue weighted by atomic mass is 9.90. The quantitative estimate of drug-likeness (QED) is 0.121. The third-order valence-electron chi connectivity index (χ3n) is 12.1. The first kappa shape index (κ1) is 40.6. The molecule has 1 unspecified atom stereocenters. The van der Waals surface area contributed by atoms with Crippen molar-refractivity contribution in [2.45, 2.75) is 79.3 Å². The number of carbonyl (C=O) groups is 4. The van der Waals surface area contributed by atoms with Gasteiger partial charge in [-0.25, -0.2) is 15.0 Å². The molecule has 2 N–H and O–H groups in total. The highest BCUT2D eigenvalue weighted by atomic mass is 16.5. The van der Waals surface area contributed by atoms with Crippen molar-refractivity contribution in [2.24, 2.45) is 35.5 Å². The minimum Gasteiger partial charge on any atom is -0.469 e. The topological polar surface area (TPSA) is 163 Å².